The van der Waals surface area contributed by atoms with Crippen LogP contribution in [0.2, 0.25) is 0 Å². The maximum Gasteiger partial charge on any atom is 0.223 e. The molecular weight excluding hydrogens is 417 g/mol. The third-order valence-electron chi connectivity index (χ3n) is 4.63. The second-order valence-corrected chi connectivity index (χ2v) is 7.66. The van der Waals surface area contributed by atoms with Gasteiger partial charge in [0.2, 0.25) is 5.91 Å². The molecule has 0 unspecified atom stereocenters. The number of nitrogens with one attached hydrogen (secondary N) is 1. The third kappa shape index (κ3) is 7.84. The quantitative estimate of drug-likeness (QED) is 0.745. The van der Waals surface area contributed by atoms with Crippen LogP contribution in [0.1, 0.15) is 16.3 Å². The van der Waals surface area contributed by atoms with Crippen molar-refractivity contribution in [3.63, 3.8) is 0 Å². The van der Waals surface area contributed by atoms with Gasteiger partial charge < -0.3 is 15.1 Å². The van der Waals surface area contributed by atoms with Gasteiger partial charge in [-0.2, -0.15) is 0 Å². The van der Waals surface area contributed by atoms with Gasteiger partial charge in [-0.3, -0.25) is 9.69 Å². The fourth-order valence-electron chi connectivity index (χ4n) is 3.20. The predicted octanol–water partition coefficient (Wildman–Crippen LogP) is 1.66. The Kier molecular flexibility index (Phi) is 13.0. The molecule has 26 heavy (non-hydrogen) atoms. The number of hydrogen-bond donors (Lipinski definition) is 1. The largest absolute Gasteiger partial charge is 0.340 e. The number of aromatic nitrogens is 1. The predicted molar refractivity (Wildman–Crippen MR) is 114 cm³/mol. The Labute approximate surface area is 178 Å². The highest BCUT2D eigenvalue weighted by molar-refractivity contribution is 7.11. The van der Waals surface area contributed by atoms with Crippen LogP contribution >= 0.6 is 48.6 Å². The van der Waals surface area contributed by atoms with Crippen LogP contribution in [-0.2, 0) is 11.3 Å². The topological polar surface area (TPSA) is 51.7 Å². The number of halogens is 3. The molecule has 6 nitrogen and oxygen atoms in total. The molecule has 152 valence electrons. The highest BCUT2D eigenvalue weighted by Gasteiger charge is 2.20. The molecule has 2 aliphatic rings. The van der Waals surface area contributed by atoms with E-state index in [4.69, 9.17) is 0 Å². The van der Waals surface area contributed by atoms with Gasteiger partial charge in [0.25, 0.3) is 0 Å². The zero-order valence-electron chi connectivity index (χ0n) is 15.2. The van der Waals surface area contributed by atoms with Crippen LogP contribution in [0, 0.1) is 6.92 Å². The molecule has 1 aromatic rings. The molecule has 0 spiro atoms. The first-order valence-electron chi connectivity index (χ1n) is 8.55. The van der Waals surface area contributed by atoms with Crippen LogP contribution in [0.3, 0.4) is 0 Å². The SMILES string of the molecule is Cc1ncc(CN2CCN(CCC(=O)N3CCNCC3)CC2)s1.Cl.Cl.Cl. The fourth-order valence-corrected chi connectivity index (χ4v) is 4.03. The summed E-state index contributed by atoms with van der Waals surface area (Å²) in [6, 6.07) is 0. The number of carbonyl (C=O) groups is 1. The molecule has 2 aliphatic heterocycles. The Hall–Kier alpha value is -0.150. The van der Waals surface area contributed by atoms with Crippen LogP contribution < -0.4 is 5.32 Å². The lowest BCUT2D eigenvalue weighted by molar-refractivity contribution is -0.132. The van der Waals surface area contributed by atoms with Crippen LogP contribution in [0.5, 0.6) is 0 Å². The molecule has 10 heteroatoms. The van der Waals surface area contributed by atoms with E-state index in [9.17, 15) is 4.79 Å². The van der Waals surface area contributed by atoms with Crippen LogP contribution in [0.15, 0.2) is 6.20 Å². The second kappa shape index (κ2) is 13.1. The molecule has 1 N–H and O–H groups in total. The van der Waals surface area contributed by atoms with Crippen molar-refractivity contribution in [1.29, 1.82) is 0 Å². The van der Waals surface area contributed by atoms with Gasteiger partial charge in [0.05, 0.1) is 5.01 Å². The highest BCUT2D eigenvalue weighted by Crippen LogP contribution is 2.15. The lowest BCUT2D eigenvalue weighted by atomic mass is 10.2. The number of carbonyl (C=O) groups excluding carboxylic acids is 1. The fraction of sp³-hybridized carbons (Fsp3) is 0.750. The van der Waals surface area contributed by atoms with Crippen molar-refractivity contribution in [2.75, 3.05) is 58.9 Å². The Morgan fingerprint density at radius 1 is 1.08 bits per heavy atom. The van der Waals surface area contributed by atoms with E-state index in [1.54, 1.807) is 11.3 Å². The average molecular weight is 447 g/mol. The number of rotatable bonds is 5. The molecule has 3 rings (SSSR count). The number of aryl methyl sites for hydroxylation is 1. The number of piperazine rings is 2. The summed E-state index contributed by atoms with van der Waals surface area (Å²) < 4.78 is 0. The van der Waals surface area contributed by atoms with E-state index in [1.807, 2.05) is 11.1 Å². The minimum atomic E-state index is 0. The van der Waals surface area contributed by atoms with Gasteiger partial charge in [0, 0.05) is 82.9 Å². The summed E-state index contributed by atoms with van der Waals surface area (Å²) >= 11 is 1.79. The summed E-state index contributed by atoms with van der Waals surface area (Å²) in [5.74, 6) is 0.314. The lowest BCUT2D eigenvalue weighted by Gasteiger charge is -2.35. The van der Waals surface area contributed by atoms with Crippen LogP contribution in [-0.4, -0.2) is 84.5 Å². The molecule has 2 fully saturated rings. The van der Waals surface area contributed by atoms with E-state index in [0.717, 1.165) is 70.5 Å². The minimum absolute atomic E-state index is 0. The van der Waals surface area contributed by atoms with E-state index >= 15 is 0 Å². The number of amides is 1. The molecule has 0 radical (unpaired) electrons. The highest BCUT2D eigenvalue weighted by atomic mass is 35.5. The summed E-state index contributed by atoms with van der Waals surface area (Å²) in [4.78, 5) is 24.8. The first kappa shape index (κ1) is 25.9. The van der Waals surface area contributed by atoms with Crippen molar-refractivity contribution in [2.45, 2.75) is 19.9 Å². The lowest BCUT2D eigenvalue weighted by Crippen LogP contribution is -2.49. The number of thiazole rings is 1. The van der Waals surface area contributed by atoms with Gasteiger partial charge in [-0.25, -0.2) is 4.98 Å². The summed E-state index contributed by atoms with van der Waals surface area (Å²) in [7, 11) is 0. The molecular formula is C16H30Cl3N5OS. The van der Waals surface area contributed by atoms with Gasteiger partial charge in [-0.15, -0.1) is 48.6 Å². The molecule has 1 amide bonds. The van der Waals surface area contributed by atoms with E-state index < -0.39 is 0 Å². The average Bonchev–Trinajstić information content (AvgIpc) is 2.99. The third-order valence-corrected chi connectivity index (χ3v) is 5.52. The van der Waals surface area contributed by atoms with Gasteiger partial charge in [-0.05, 0) is 6.92 Å². The van der Waals surface area contributed by atoms with E-state index in [1.165, 1.54) is 4.88 Å². The number of nitrogens with zero attached hydrogens (tertiary/aromatic N) is 4. The summed E-state index contributed by atoms with van der Waals surface area (Å²) in [6.45, 7) is 11.8. The van der Waals surface area contributed by atoms with E-state index in [0.29, 0.717) is 12.3 Å². The van der Waals surface area contributed by atoms with Crippen molar-refractivity contribution in [2.24, 2.45) is 0 Å². The summed E-state index contributed by atoms with van der Waals surface area (Å²) in [5.41, 5.74) is 0. The first-order chi connectivity index (χ1) is 11.2. The standard InChI is InChI=1S/C16H27N5OS.3ClH/c1-14-18-12-15(23-14)13-20-10-8-19(9-11-20)5-2-16(22)21-6-3-17-4-7-21;;;/h12,17H,2-11,13H2,1H3;3*1H. The number of hydrogen-bond acceptors (Lipinski definition) is 6. The zero-order chi connectivity index (χ0) is 16.1. The molecule has 0 atom stereocenters. The van der Waals surface area contributed by atoms with Crippen LogP contribution in [0.4, 0.5) is 0 Å². The van der Waals surface area contributed by atoms with Crippen molar-refractivity contribution in [1.82, 2.24) is 25.0 Å². The van der Waals surface area contributed by atoms with Crippen molar-refractivity contribution in [3.8, 4) is 0 Å². The first-order valence-corrected chi connectivity index (χ1v) is 9.37. The van der Waals surface area contributed by atoms with Gasteiger partial charge in [0.1, 0.15) is 0 Å². The summed E-state index contributed by atoms with van der Waals surface area (Å²) in [5, 5.41) is 4.43. The van der Waals surface area contributed by atoms with Crippen molar-refractivity contribution >= 4 is 54.5 Å². The van der Waals surface area contributed by atoms with Crippen molar-refractivity contribution in [3.05, 3.63) is 16.1 Å². The molecule has 0 aliphatic carbocycles. The Morgan fingerprint density at radius 3 is 2.27 bits per heavy atom. The zero-order valence-corrected chi connectivity index (χ0v) is 18.5. The molecule has 0 aromatic carbocycles. The Morgan fingerprint density at radius 2 is 1.69 bits per heavy atom. The van der Waals surface area contributed by atoms with Crippen molar-refractivity contribution < 1.29 is 4.79 Å². The van der Waals surface area contributed by atoms with E-state index in [-0.39, 0.29) is 37.2 Å². The van der Waals surface area contributed by atoms with Crippen LogP contribution in [0.25, 0.3) is 0 Å². The van der Waals surface area contributed by atoms with Gasteiger partial charge >= 0.3 is 0 Å². The molecule has 2 saturated heterocycles. The van der Waals surface area contributed by atoms with Gasteiger partial charge in [-0.1, -0.05) is 0 Å². The molecule has 1 aromatic heterocycles. The smallest absolute Gasteiger partial charge is 0.223 e. The Bertz CT molecular complexity index is 520. The minimum Gasteiger partial charge on any atom is -0.340 e. The molecule has 0 bridgehead atoms. The second-order valence-electron chi connectivity index (χ2n) is 6.34. The molecule has 0 saturated carbocycles. The normalized spacial score (nSPS) is 18.4. The Balaban J connectivity index is 0.00000208. The molecule has 3 heterocycles. The van der Waals surface area contributed by atoms with Gasteiger partial charge in [0.15, 0.2) is 0 Å². The maximum absolute atomic E-state index is 12.2. The maximum atomic E-state index is 12.2. The summed E-state index contributed by atoms with van der Waals surface area (Å²) in [6.07, 6.45) is 2.66. The monoisotopic (exact) mass is 445 g/mol. The van der Waals surface area contributed by atoms with E-state index in [2.05, 4.69) is 27.0 Å².